The molecular weight excluding hydrogens is 452 g/mol. The molecule has 2 aromatic carbocycles. The van der Waals surface area contributed by atoms with Crippen molar-refractivity contribution in [1.82, 2.24) is 9.80 Å². The number of hydrogen-bond acceptors (Lipinski definition) is 2. The molecule has 0 spiro atoms. The summed E-state index contributed by atoms with van der Waals surface area (Å²) in [4.78, 5) is 6.27. The Morgan fingerprint density at radius 2 is 1.19 bits per heavy atom. The van der Waals surface area contributed by atoms with E-state index >= 15 is 0 Å². The molecule has 2 saturated heterocycles. The zero-order chi connectivity index (χ0) is 17.9. The molecule has 4 rings (SSSR count). The van der Waals surface area contributed by atoms with Crippen molar-refractivity contribution < 1.29 is 0 Å². The monoisotopic (exact) mass is 478 g/mol. The fourth-order valence-corrected chi connectivity index (χ4v) is 5.67. The third kappa shape index (κ3) is 4.35. The van der Waals surface area contributed by atoms with Crippen molar-refractivity contribution in [2.24, 2.45) is 0 Å². The zero-order valence-corrected chi connectivity index (χ0v) is 18.5. The molecule has 2 atom stereocenters. The average molecular weight is 480 g/mol. The lowest BCUT2D eigenvalue weighted by atomic mass is 9.98. The number of hydrogen-bond donors (Lipinski definition) is 0. The van der Waals surface area contributed by atoms with Crippen LogP contribution in [0.15, 0.2) is 36.4 Å². The number of halogens is 2. The Morgan fingerprint density at radius 3 is 1.62 bits per heavy atom. The minimum absolute atomic E-state index is 0.523. The van der Waals surface area contributed by atoms with Crippen LogP contribution in [0.2, 0.25) is 0 Å². The summed E-state index contributed by atoms with van der Waals surface area (Å²) in [6.07, 6.45) is 7.85. The van der Waals surface area contributed by atoms with Gasteiger partial charge in [-0.1, -0.05) is 56.1 Å². The first-order valence-corrected chi connectivity index (χ1v) is 11.8. The summed E-state index contributed by atoms with van der Waals surface area (Å²) in [7, 11) is 0. The normalized spacial score (nSPS) is 25.6. The van der Waals surface area contributed by atoms with Gasteiger partial charge in [-0.2, -0.15) is 0 Å². The number of nitrogens with zero attached hydrogens (tertiary/aromatic N) is 2. The Balaban J connectivity index is 1.64. The lowest BCUT2D eigenvalue weighted by molar-refractivity contribution is 0.192. The summed E-state index contributed by atoms with van der Waals surface area (Å²) < 4.78 is 0. The van der Waals surface area contributed by atoms with E-state index in [1.165, 1.54) is 73.5 Å². The molecule has 0 amide bonds. The molecule has 0 saturated carbocycles. The minimum Gasteiger partial charge on any atom is -0.287 e. The number of alkyl halides is 2. The highest BCUT2D eigenvalue weighted by molar-refractivity contribution is 9.09. The quantitative estimate of drug-likeness (QED) is 0.377. The number of likely N-dealkylation sites (tertiary alicyclic amines) is 2. The fraction of sp³-hybridized carbons (Fsp3) is 0.545. The van der Waals surface area contributed by atoms with Gasteiger partial charge in [0.15, 0.2) is 0 Å². The van der Waals surface area contributed by atoms with Crippen LogP contribution in [0.25, 0.3) is 10.8 Å². The standard InChI is InChI=1S/C22H28Br2N2/c23-21-9-3-5-11-25(21)15-19-13-17-7-1-2-8-18(17)14-20(19)16-26-12-6-4-10-22(26)24/h1-2,7-8,13-14,21-22H,3-6,9-12,15-16H2. The third-order valence-corrected chi connectivity index (χ3v) is 7.96. The molecule has 0 N–H and O–H groups in total. The summed E-state index contributed by atoms with van der Waals surface area (Å²) in [6, 6.07) is 13.7. The Kier molecular flexibility index (Phi) is 6.35. The lowest BCUT2D eigenvalue weighted by Crippen LogP contribution is -2.37. The average Bonchev–Trinajstić information content (AvgIpc) is 2.66. The molecule has 2 aromatic rings. The smallest absolute Gasteiger partial charge is 0.0658 e. The molecule has 26 heavy (non-hydrogen) atoms. The Bertz CT molecular complexity index is 685. The molecular formula is C22H28Br2N2. The summed E-state index contributed by atoms with van der Waals surface area (Å²) in [5.41, 5.74) is 3.00. The van der Waals surface area contributed by atoms with Crippen LogP contribution >= 0.6 is 31.9 Å². The second-order valence-corrected chi connectivity index (χ2v) is 9.88. The van der Waals surface area contributed by atoms with Gasteiger partial charge in [-0.25, -0.2) is 0 Å². The number of piperidine rings is 2. The van der Waals surface area contributed by atoms with Gasteiger partial charge >= 0.3 is 0 Å². The SMILES string of the molecule is BrC1CCCCN1Cc1cc2ccccc2cc1CN1CCCCC1Br. The minimum atomic E-state index is 0.523. The lowest BCUT2D eigenvalue weighted by Gasteiger charge is -2.35. The van der Waals surface area contributed by atoms with Crippen molar-refractivity contribution in [3.8, 4) is 0 Å². The van der Waals surface area contributed by atoms with Crippen molar-refractivity contribution in [1.29, 1.82) is 0 Å². The molecule has 0 radical (unpaired) electrons. The van der Waals surface area contributed by atoms with Crippen molar-refractivity contribution in [2.45, 2.75) is 61.5 Å². The number of fused-ring (bicyclic) bond motifs is 1. The summed E-state index contributed by atoms with van der Waals surface area (Å²) in [5, 5.41) is 2.73. The molecule has 0 aromatic heterocycles. The van der Waals surface area contributed by atoms with E-state index < -0.39 is 0 Å². The fourth-order valence-electron chi connectivity index (χ4n) is 4.32. The van der Waals surface area contributed by atoms with E-state index in [9.17, 15) is 0 Å². The molecule has 2 aliphatic rings. The van der Waals surface area contributed by atoms with Crippen LogP contribution < -0.4 is 0 Å². The zero-order valence-electron chi connectivity index (χ0n) is 15.3. The maximum absolute atomic E-state index is 3.90. The van der Waals surface area contributed by atoms with Gasteiger partial charge < -0.3 is 0 Å². The highest BCUT2D eigenvalue weighted by Gasteiger charge is 2.23. The molecule has 2 fully saturated rings. The molecule has 0 aliphatic carbocycles. The van der Waals surface area contributed by atoms with E-state index in [4.69, 9.17) is 0 Å². The van der Waals surface area contributed by atoms with Crippen LogP contribution in [0.3, 0.4) is 0 Å². The molecule has 2 aliphatic heterocycles. The van der Waals surface area contributed by atoms with Crippen LogP contribution in [-0.4, -0.2) is 32.8 Å². The van der Waals surface area contributed by atoms with E-state index in [0.717, 1.165) is 13.1 Å². The maximum Gasteiger partial charge on any atom is 0.0658 e. The van der Waals surface area contributed by atoms with Gasteiger partial charge in [0.25, 0.3) is 0 Å². The highest BCUT2D eigenvalue weighted by Crippen LogP contribution is 2.30. The van der Waals surface area contributed by atoms with Gasteiger partial charge in [0.1, 0.15) is 0 Å². The van der Waals surface area contributed by atoms with E-state index in [0.29, 0.717) is 9.90 Å². The Labute approximate surface area is 174 Å². The summed E-state index contributed by atoms with van der Waals surface area (Å²) in [5.74, 6) is 0. The van der Waals surface area contributed by atoms with Gasteiger partial charge in [-0.05, 0) is 85.6 Å². The first kappa shape index (κ1) is 18.9. The van der Waals surface area contributed by atoms with E-state index in [2.05, 4.69) is 78.1 Å². The van der Waals surface area contributed by atoms with Crippen molar-refractivity contribution in [3.63, 3.8) is 0 Å². The van der Waals surface area contributed by atoms with Crippen LogP contribution in [0.1, 0.15) is 49.7 Å². The summed E-state index contributed by atoms with van der Waals surface area (Å²) in [6.45, 7) is 4.51. The maximum atomic E-state index is 3.90. The van der Waals surface area contributed by atoms with E-state index in [1.807, 2.05) is 0 Å². The first-order chi connectivity index (χ1) is 12.7. The van der Waals surface area contributed by atoms with Crippen LogP contribution in [0.5, 0.6) is 0 Å². The molecule has 0 bridgehead atoms. The Morgan fingerprint density at radius 1 is 0.731 bits per heavy atom. The van der Waals surface area contributed by atoms with Gasteiger partial charge in [-0.3, -0.25) is 9.80 Å². The van der Waals surface area contributed by atoms with Gasteiger partial charge in [0, 0.05) is 13.1 Å². The predicted molar refractivity (Wildman–Crippen MR) is 118 cm³/mol. The molecule has 2 nitrogen and oxygen atoms in total. The number of benzene rings is 2. The van der Waals surface area contributed by atoms with Gasteiger partial charge in [0.05, 0.1) is 9.90 Å². The highest BCUT2D eigenvalue weighted by atomic mass is 79.9. The van der Waals surface area contributed by atoms with Crippen molar-refractivity contribution in [2.75, 3.05) is 13.1 Å². The first-order valence-electron chi connectivity index (χ1n) is 9.97. The Hall–Kier alpha value is -0.420. The second kappa shape index (κ2) is 8.72. The predicted octanol–water partition coefficient (Wildman–Crippen LogP) is 6.25. The second-order valence-electron chi connectivity index (χ2n) is 7.77. The van der Waals surface area contributed by atoms with Gasteiger partial charge in [0.2, 0.25) is 0 Å². The topological polar surface area (TPSA) is 6.48 Å². The van der Waals surface area contributed by atoms with Crippen molar-refractivity contribution >= 4 is 42.6 Å². The largest absolute Gasteiger partial charge is 0.287 e. The molecule has 2 unspecified atom stereocenters. The summed E-state index contributed by atoms with van der Waals surface area (Å²) >= 11 is 7.81. The van der Waals surface area contributed by atoms with Crippen molar-refractivity contribution in [3.05, 3.63) is 47.5 Å². The molecule has 2 heterocycles. The molecule has 4 heteroatoms. The van der Waals surface area contributed by atoms with Crippen LogP contribution in [-0.2, 0) is 13.1 Å². The van der Waals surface area contributed by atoms with E-state index in [1.54, 1.807) is 0 Å². The van der Waals surface area contributed by atoms with Gasteiger partial charge in [-0.15, -0.1) is 0 Å². The third-order valence-electron chi connectivity index (χ3n) is 5.88. The molecule has 140 valence electrons. The van der Waals surface area contributed by atoms with Crippen LogP contribution in [0.4, 0.5) is 0 Å². The van der Waals surface area contributed by atoms with Crippen LogP contribution in [0, 0.1) is 0 Å². The van der Waals surface area contributed by atoms with E-state index in [-0.39, 0.29) is 0 Å². The number of rotatable bonds is 4.